The lowest BCUT2D eigenvalue weighted by molar-refractivity contribution is -0.126. The fourth-order valence-electron chi connectivity index (χ4n) is 3.58. The van der Waals surface area contributed by atoms with Crippen LogP contribution in [0.5, 0.6) is 5.75 Å². The third-order valence-electron chi connectivity index (χ3n) is 4.83. The number of imide groups is 1. The third kappa shape index (κ3) is 4.70. The maximum absolute atomic E-state index is 13.0. The molecule has 0 fully saturated rings. The van der Waals surface area contributed by atoms with Gasteiger partial charge < -0.3 is 10.1 Å². The number of fused-ring (bicyclic) bond motifs is 1. The Hall–Kier alpha value is -2.86. The van der Waals surface area contributed by atoms with Gasteiger partial charge in [-0.15, -0.1) is 0 Å². The molecular weight excluding hydrogens is 354 g/mol. The Morgan fingerprint density at radius 3 is 2.61 bits per heavy atom. The lowest BCUT2D eigenvalue weighted by atomic mass is 9.95. The number of ether oxygens (including phenoxy) is 1. The Morgan fingerprint density at radius 2 is 1.89 bits per heavy atom. The molecular formula is C22H27N3O3. The average Bonchev–Trinajstić information content (AvgIpc) is 2.69. The second kappa shape index (κ2) is 9.37. The number of hydrogen-bond acceptors (Lipinski definition) is 4. The molecule has 1 atom stereocenters. The van der Waals surface area contributed by atoms with Gasteiger partial charge in [0.1, 0.15) is 11.8 Å². The van der Waals surface area contributed by atoms with Crippen LogP contribution in [0.4, 0.5) is 4.79 Å². The Labute approximate surface area is 165 Å². The van der Waals surface area contributed by atoms with Crippen molar-refractivity contribution in [3.05, 3.63) is 65.2 Å². The molecule has 2 aromatic carbocycles. The highest BCUT2D eigenvalue weighted by molar-refractivity contribution is 5.97. The number of nitrogens with zero attached hydrogens (tertiary/aromatic N) is 1. The molecule has 0 radical (unpaired) electrons. The standard InChI is InChI=1S/C22H27N3O3/c1-3-23-22(27)24-21(26)20(17-8-6-5-7-9-17)25-13-12-16-10-11-19(28-4-2)14-18(16)15-25/h5-11,14,20H,3-4,12-13,15H2,1-2H3,(H2,23,24,26,27). The van der Waals surface area contributed by atoms with E-state index < -0.39 is 12.1 Å². The minimum Gasteiger partial charge on any atom is -0.494 e. The van der Waals surface area contributed by atoms with Gasteiger partial charge in [-0.05, 0) is 49.1 Å². The van der Waals surface area contributed by atoms with E-state index in [2.05, 4.69) is 27.7 Å². The molecule has 148 valence electrons. The molecule has 0 aliphatic carbocycles. The number of carbonyl (C=O) groups is 2. The van der Waals surface area contributed by atoms with E-state index in [1.807, 2.05) is 50.2 Å². The van der Waals surface area contributed by atoms with Crippen LogP contribution in [0.2, 0.25) is 0 Å². The highest BCUT2D eigenvalue weighted by Gasteiger charge is 2.31. The van der Waals surface area contributed by atoms with E-state index in [-0.39, 0.29) is 5.91 Å². The molecule has 0 saturated heterocycles. The van der Waals surface area contributed by atoms with Gasteiger partial charge in [0.25, 0.3) is 0 Å². The van der Waals surface area contributed by atoms with Crippen molar-refractivity contribution in [3.8, 4) is 5.75 Å². The van der Waals surface area contributed by atoms with Crippen molar-refractivity contribution in [1.82, 2.24) is 15.5 Å². The fourth-order valence-corrected chi connectivity index (χ4v) is 3.58. The Kier molecular flexibility index (Phi) is 6.66. The van der Waals surface area contributed by atoms with Crippen molar-refractivity contribution in [2.75, 3.05) is 19.7 Å². The fraction of sp³-hybridized carbons (Fsp3) is 0.364. The van der Waals surface area contributed by atoms with E-state index in [9.17, 15) is 9.59 Å². The first-order chi connectivity index (χ1) is 13.6. The Morgan fingerprint density at radius 1 is 1.11 bits per heavy atom. The van der Waals surface area contributed by atoms with Crippen LogP contribution in [0.25, 0.3) is 0 Å². The maximum atomic E-state index is 13.0. The summed E-state index contributed by atoms with van der Waals surface area (Å²) < 4.78 is 5.63. The number of urea groups is 1. The zero-order valence-corrected chi connectivity index (χ0v) is 16.4. The SMILES string of the molecule is CCNC(=O)NC(=O)C(c1ccccc1)N1CCc2ccc(OCC)cc2C1. The highest BCUT2D eigenvalue weighted by Crippen LogP contribution is 2.30. The number of carbonyl (C=O) groups excluding carboxylic acids is 2. The summed E-state index contributed by atoms with van der Waals surface area (Å²) in [5.41, 5.74) is 3.30. The average molecular weight is 381 g/mol. The van der Waals surface area contributed by atoms with Gasteiger partial charge >= 0.3 is 6.03 Å². The van der Waals surface area contributed by atoms with E-state index in [1.165, 1.54) is 5.56 Å². The second-order valence-corrected chi connectivity index (χ2v) is 6.75. The minimum absolute atomic E-state index is 0.318. The number of nitrogens with one attached hydrogen (secondary N) is 2. The smallest absolute Gasteiger partial charge is 0.321 e. The van der Waals surface area contributed by atoms with Crippen molar-refractivity contribution in [1.29, 1.82) is 0 Å². The molecule has 1 aliphatic heterocycles. The highest BCUT2D eigenvalue weighted by atomic mass is 16.5. The maximum Gasteiger partial charge on any atom is 0.321 e. The molecule has 0 spiro atoms. The largest absolute Gasteiger partial charge is 0.494 e. The van der Waals surface area contributed by atoms with Crippen LogP contribution in [0, 0.1) is 0 Å². The molecule has 2 N–H and O–H groups in total. The van der Waals surface area contributed by atoms with E-state index >= 15 is 0 Å². The van der Waals surface area contributed by atoms with Gasteiger partial charge in [0.2, 0.25) is 5.91 Å². The monoisotopic (exact) mass is 381 g/mol. The molecule has 6 nitrogen and oxygen atoms in total. The van der Waals surface area contributed by atoms with Crippen LogP contribution < -0.4 is 15.4 Å². The van der Waals surface area contributed by atoms with Crippen LogP contribution >= 0.6 is 0 Å². The Balaban J connectivity index is 1.85. The lowest BCUT2D eigenvalue weighted by Crippen LogP contribution is -2.47. The summed E-state index contributed by atoms with van der Waals surface area (Å²) >= 11 is 0. The topological polar surface area (TPSA) is 70.7 Å². The van der Waals surface area contributed by atoms with Gasteiger partial charge in [-0.2, -0.15) is 0 Å². The summed E-state index contributed by atoms with van der Waals surface area (Å²) in [6, 6.07) is 14.7. The van der Waals surface area contributed by atoms with Gasteiger partial charge in [0.15, 0.2) is 0 Å². The number of benzene rings is 2. The predicted octanol–water partition coefficient (Wildman–Crippen LogP) is 3.03. The third-order valence-corrected chi connectivity index (χ3v) is 4.83. The normalized spacial score (nSPS) is 14.6. The first-order valence-electron chi connectivity index (χ1n) is 9.74. The van der Waals surface area contributed by atoms with Gasteiger partial charge in [-0.1, -0.05) is 36.4 Å². The molecule has 3 rings (SSSR count). The van der Waals surface area contributed by atoms with Crippen LogP contribution in [0.15, 0.2) is 48.5 Å². The van der Waals surface area contributed by atoms with Crippen LogP contribution in [-0.2, 0) is 17.8 Å². The summed E-state index contributed by atoms with van der Waals surface area (Å²) in [4.78, 5) is 27.0. The quantitative estimate of drug-likeness (QED) is 0.807. The van der Waals surface area contributed by atoms with Crippen LogP contribution in [0.1, 0.15) is 36.6 Å². The summed E-state index contributed by atoms with van der Waals surface area (Å²) in [5.74, 6) is 0.521. The predicted molar refractivity (Wildman–Crippen MR) is 108 cm³/mol. The first-order valence-corrected chi connectivity index (χ1v) is 9.74. The minimum atomic E-state index is -0.535. The van der Waals surface area contributed by atoms with Crippen molar-refractivity contribution >= 4 is 11.9 Å². The van der Waals surface area contributed by atoms with Crippen molar-refractivity contribution in [2.24, 2.45) is 0 Å². The van der Waals surface area contributed by atoms with Gasteiger partial charge in [-0.3, -0.25) is 15.0 Å². The van der Waals surface area contributed by atoms with E-state index in [0.29, 0.717) is 19.7 Å². The zero-order chi connectivity index (χ0) is 19.9. The van der Waals surface area contributed by atoms with E-state index in [4.69, 9.17) is 4.74 Å². The van der Waals surface area contributed by atoms with Crippen molar-refractivity contribution in [2.45, 2.75) is 32.9 Å². The summed E-state index contributed by atoms with van der Waals surface area (Å²) in [7, 11) is 0. The molecule has 1 aliphatic rings. The van der Waals surface area contributed by atoms with Crippen molar-refractivity contribution < 1.29 is 14.3 Å². The molecule has 0 saturated carbocycles. The molecule has 0 bridgehead atoms. The summed E-state index contributed by atoms with van der Waals surface area (Å²) in [6.07, 6.45) is 0.847. The summed E-state index contributed by atoms with van der Waals surface area (Å²) in [5, 5.41) is 5.09. The lowest BCUT2D eigenvalue weighted by Gasteiger charge is -2.35. The first kappa shape index (κ1) is 19.9. The molecule has 1 heterocycles. The summed E-state index contributed by atoms with van der Waals surface area (Å²) in [6.45, 7) is 6.22. The molecule has 6 heteroatoms. The zero-order valence-electron chi connectivity index (χ0n) is 16.4. The van der Waals surface area contributed by atoms with Crippen LogP contribution in [0.3, 0.4) is 0 Å². The van der Waals surface area contributed by atoms with Gasteiger partial charge in [-0.25, -0.2) is 4.79 Å². The van der Waals surface area contributed by atoms with Gasteiger partial charge in [0.05, 0.1) is 6.61 Å². The number of amides is 3. The second-order valence-electron chi connectivity index (χ2n) is 6.75. The molecule has 2 aromatic rings. The van der Waals surface area contributed by atoms with Crippen LogP contribution in [-0.4, -0.2) is 36.5 Å². The molecule has 0 aromatic heterocycles. The molecule has 3 amide bonds. The molecule has 28 heavy (non-hydrogen) atoms. The Bertz CT molecular complexity index is 823. The van der Waals surface area contributed by atoms with Crippen molar-refractivity contribution in [3.63, 3.8) is 0 Å². The number of rotatable bonds is 6. The van der Waals surface area contributed by atoms with E-state index in [1.54, 1.807) is 0 Å². The van der Waals surface area contributed by atoms with Gasteiger partial charge in [0, 0.05) is 19.6 Å². The van der Waals surface area contributed by atoms with E-state index in [0.717, 1.165) is 29.8 Å². The number of hydrogen-bond donors (Lipinski definition) is 2. The molecule has 1 unspecified atom stereocenters.